The Labute approximate surface area is 216 Å². The van der Waals surface area contributed by atoms with Gasteiger partial charge >= 0.3 is 38.3 Å². The predicted molar refractivity (Wildman–Crippen MR) is 140 cm³/mol. The van der Waals surface area contributed by atoms with E-state index in [1.54, 1.807) is 16.1 Å². The van der Waals surface area contributed by atoms with E-state index < -0.39 is 27.4 Å². The summed E-state index contributed by atoms with van der Waals surface area (Å²) < 4.78 is 8.19. The first-order chi connectivity index (χ1) is 14.3. The molecule has 4 radical (unpaired) electrons. The number of esters is 1. The number of hydrogen-bond acceptors (Lipinski definition) is 8. The molecule has 0 bridgehead atoms. The topological polar surface area (TPSA) is 125 Å². The van der Waals surface area contributed by atoms with Gasteiger partial charge in [-0.25, -0.2) is 4.79 Å². The fraction of sp³-hybridized carbons (Fsp3) is 0.300. The quantitative estimate of drug-likeness (QED) is 0.169. The van der Waals surface area contributed by atoms with Crippen molar-refractivity contribution in [1.29, 1.82) is 4.35 Å². The molecule has 0 saturated heterocycles. The molecule has 0 fully saturated rings. The number of terminal acetylenes is 1. The van der Waals surface area contributed by atoms with Crippen molar-refractivity contribution < 1.29 is 33.6 Å². The van der Waals surface area contributed by atoms with Crippen LogP contribution in [0, 0.1) is 52.4 Å². The summed E-state index contributed by atoms with van der Waals surface area (Å²) in [4.78, 5) is 32.1. The molecule has 0 aliphatic rings. The summed E-state index contributed by atoms with van der Waals surface area (Å²) in [7, 11) is 0. The molecular weight excluding hydrogens is 484 g/mol. The first kappa shape index (κ1) is 36.9. The van der Waals surface area contributed by atoms with Crippen molar-refractivity contribution in [2.45, 2.75) is 37.2 Å². The Hall–Kier alpha value is -2.42. The van der Waals surface area contributed by atoms with Crippen LogP contribution in [0.4, 0.5) is 0 Å². The predicted octanol–water partition coefficient (Wildman–Crippen LogP) is 3.06. The summed E-state index contributed by atoms with van der Waals surface area (Å²) in [5.74, 6) is 11.0. The molecule has 7 nitrogen and oxygen atoms in total. The molecule has 0 saturated carbocycles. The number of nitrogens with one attached hydrogen (secondary N) is 1. The van der Waals surface area contributed by atoms with Gasteiger partial charge in [-0.1, -0.05) is 42.3 Å². The van der Waals surface area contributed by atoms with Crippen molar-refractivity contribution in [2.24, 2.45) is 0 Å². The average molecular weight is 509 g/mol. The van der Waals surface area contributed by atoms with Gasteiger partial charge in [-0.2, -0.15) is 0 Å². The van der Waals surface area contributed by atoms with Crippen LogP contribution >= 0.6 is 35.7 Å². The Kier molecular flexibility index (Phi) is 23.6. The van der Waals surface area contributed by atoms with Crippen molar-refractivity contribution >= 4 is 81.7 Å². The van der Waals surface area contributed by atoms with Crippen LogP contribution in [-0.4, -0.2) is 65.7 Å². The number of hydrogen-bond donors (Lipinski definition) is 3. The summed E-state index contributed by atoms with van der Waals surface area (Å²) in [6.07, 6.45) is 7.87. The molecule has 32 heavy (non-hydrogen) atoms. The van der Waals surface area contributed by atoms with Crippen LogP contribution in [-0.2, 0) is 19.1 Å². The molecule has 0 rings (SSSR count). The van der Waals surface area contributed by atoms with Gasteiger partial charge in [0, 0.05) is 36.5 Å². The number of carboxylic acids is 2. The van der Waals surface area contributed by atoms with E-state index in [1.165, 1.54) is 27.7 Å². The van der Waals surface area contributed by atoms with E-state index in [2.05, 4.69) is 46.8 Å². The van der Waals surface area contributed by atoms with Gasteiger partial charge in [-0.15, -0.1) is 6.42 Å². The Morgan fingerprint density at radius 2 is 1.41 bits per heavy atom. The number of thioether (sulfide) groups is 2. The summed E-state index contributed by atoms with van der Waals surface area (Å²) >= 11 is 8.63. The van der Waals surface area contributed by atoms with Gasteiger partial charge in [0.05, 0.1) is 0 Å². The number of carbonyl (C=O) groups excluding carboxylic acids is 1. The second-order valence-corrected chi connectivity index (χ2v) is 10.0. The number of carbonyl (C=O) groups is 3. The van der Waals surface area contributed by atoms with Gasteiger partial charge in [0.15, 0.2) is 0 Å². The molecule has 0 spiro atoms. The third-order valence-electron chi connectivity index (χ3n) is 2.40. The summed E-state index contributed by atoms with van der Waals surface area (Å²) in [6.45, 7) is 9.29. The zero-order valence-corrected chi connectivity index (χ0v) is 21.4. The average Bonchev–Trinajstić information content (AvgIpc) is 2.68. The molecule has 0 atom stereocenters. The molecule has 0 unspecified atom stereocenters. The summed E-state index contributed by atoms with van der Waals surface area (Å²) in [6, 6.07) is 0. The Morgan fingerprint density at radius 1 is 1.03 bits per heavy atom. The number of aliphatic carboxylic acids is 2. The van der Waals surface area contributed by atoms with E-state index in [0.717, 1.165) is 29.6 Å². The molecule has 0 aromatic carbocycles. The van der Waals surface area contributed by atoms with E-state index in [0.29, 0.717) is 3.53 Å². The van der Waals surface area contributed by atoms with Crippen LogP contribution < -0.4 is 0 Å². The third kappa shape index (κ3) is 20.8. The molecule has 0 aliphatic carbocycles. The first-order valence-corrected chi connectivity index (χ1v) is 10.4. The van der Waals surface area contributed by atoms with Crippen LogP contribution in [0.3, 0.4) is 0 Å². The molecule has 0 amide bonds. The van der Waals surface area contributed by atoms with Crippen molar-refractivity contribution in [1.82, 2.24) is 0 Å². The molecule has 0 aromatic heterocycles. The van der Waals surface area contributed by atoms with Crippen molar-refractivity contribution in [2.75, 3.05) is 0 Å². The fourth-order valence-electron chi connectivity index (χ4n) is 0.798. The van der Waals surface area contributed by atoms with Crippen LogP contribution in [0.5, 0.6) is 0 Å². The Bertz CT molecular complexity index is 909. The molecule has 0 aliphatic heterocycles. The van der Waals surface area contributed by atoms with Crippen LogP contribution in [0.2, 0.25) is 0 Å². The maximum absolute atomic E-state index is 10.8. The molecule has 12 heteroatoms. The Balaban J connectivity index is -0.0000000765. The van der Waals surface area contributed by atoms with Gasteiger partial charge in [0.2, 0.25) is 0 Å². The monoisotopic (exact) mass is 509 g/mol. The van der Waals surface area contributed by atoms with Gasteiger partial charge < -0.3 is 14.9 Å². The maximum atomic E-state index is 10.8. The molecule has 3 N–H and O–H groups in total. The van der Waals surface area contributed by atoms with Crippen molar-refractivity contribution in [3.63, 3.8) is 0 Å². The SMILES string of the molecule is C#CC#CC#CC#COC(=O)C=C.CC(C)(SC(=S)SC(C)(C)C(=O)O)C(=O)O.[B].[HH].[HH].[HH].[NH]=[Al]. The summed E-state index contributed by atoms with van der Waals surface area (Å²) in [5, 5.41) is 17.8. The number of ether oxygens (including phenoxy) is 1. The van der Waals surface area contributed by atoms with E-state index in [9.17, 15) is 14.4 Å². The van der Waals surface area contributed by atoms with E-state index in [1.807, 2.05) is 6.11 Å². The van der Waals surface area contributed by atoms with Crippen molar-refractivity contribution in [3.8, 4) is 48.1 Å². The van der Waals surface area contributed by atoms with Crippen LogP contribution in [0.25, 0.3) is 0 Å². The normalized spacial score (nSPS) is 8.31. The third-order valence-corrected chi connectivity index (χ3v) is 5.10. The van der Waals surface area contributed by atoms with Gasteiger partial charge in [0.25, 0.3) is 0 Å². The zero-order valence-electron chi connectivity index (χ0n) is 17.8. The molecule has 0 aromatic rings. The molecule has 170 valence electrons. The van der Waals surface area contributed by atoms with Crippen LogP contribution in [0.15, 0.2) is 12.7 Å². The fourth-order valence-corrected chi connectivity index (χ4v) is 4.47. The van der Waals surface area contributed by atoms with Gasteiger partial charge in [0.1, 0.15) is 19.1 Å². The second-order valence-electron chi connectivity index (χ2n) is 5.58. The van der Waals surface area contributed by atoms with E-state index in [-0.39, 0.29) is 12.7 Å². The standard InChI is InChI=1S/C11H4O2.C9H14O4S3.Al.B.HN.3H2/c1-3-5-6-7-8-9-10-13-11(12)4-2;1-8(2,5(10)11)15-7(14)16-9(3,4)6(12)13;;;;;;/h1,4H,2H2;1-4H3,(H,10,11)(H,12,13);;;4*1H. The number of thiocarbonyl (C=S) groups is 1. The number of rotatable bonds is 5. The van der Waals surface area contributed by atoms with E-state index >= 15 is 0 Å². The van der Waals surface area contributed by atoms with Gasteiger partial charge in [-0.05, 0) is 45.5 Å². The zero-order chi connectivity index (χ0) is 25.1. The number of carboxylic acid groups (broad SMARTS) is 2. The van der Waals surface area contributed by atoms with Gasteiger partial charge in [-0.3, -0.25) is 9.59 Å². The Morgan fingerprint density at radius 3 is 1.75 bits per heavy atom. The minimum absolute atomic E-state index is 0. The molecular formula is C20H25AlBNO6S3. The van der Waals surface area contributed by atoms with E-state index in [4.69, 9.17) is 33.2 Å². The van der Waals surface area contributed by atoms with Crippen molar-refractivity contribution in [3.05, 3.63) is 12.7 Å². The van der Waals surface area contributed by atoms with Crippen LogP contribution in [0.1, 0.15) is 32.0 Å². The second kappa shape index (κ2) is 20.5. The molecule has 0 heterocycles. The summed E-state index contributed by atoms with van der Waals surface area (Å²) in [5.41, 5.74) is 0. The minimum atomic E-state index is -1.04. The first-order valence-electron chi connectivity index (χ1n) is 7.76.